The van der Waals surface area contributed by atoms with E-state index < -0.39 is 37.4 Å². The fraction of sp³-hybridized carbons (Fsp3) is 0.240. The number of non-ortho nitro benzene ring substituents is 1. The van der Waals surface area contributed by atoms with Crippen molar-refractivity contribution in [3.05, 3.63) is 88.5 Å². The van der Waals surface area contributed by atoms with Crippen LogP contribution in [0.25, 0.3) is 0 Å². The first-order valence-corrected chi connectivity index (χ1v) is 14.7. The predicted molar refractivity (Wildman–Crippen MR) is 143 cm³/mol. The Morgan fingerprint density at radius 1 is 0.974 bits per heavy atom. The van der Waals surface area contributed by atoms with Crippen LogP contribution in [0.15, 0.2) is 82.6 Å². The number of nitrogens with one attached hydrogen (secondary N) is 1. The molecule has 3 aromatic carbocycles. The number of carbonyl (C=O) groups excluding carboxylic acids is 1. The number of nitro benzene ring substituents is 1. The Morgan fingerprint density at radius 3 is 2.21 bits per heavy atom. The molecule has 0 radical (unpaired) electrons. The maximum absolute atomic E-state index is 13.5. The number of aryl methyl sites for hydroxylation is 1. The smallest absolute Gasteiger partial charge is 0.271 e. The van der Waals surface area contributed by atoms with Crippen LogP contribution in [0.1, 0.15) is 5.56 Å². The summed E-state index contributed by atoms with van der Waals surface area (Å²) in [6.07, 6.45) is 0. The molecule has 3 aromatic rings. The van der Waals surface area contributed by atoms with Crippen LogP contribution in [-0.4, -0.2) is 64.8 Å². The van der Waals surface area contributed by atoms with Crippen molar-refractivity contribution in [3.8, 4) is 0 Å². The average Bonchev–Trinajstić information content (AvgIpc) is 2.92. The molecule has 1 amide bonds. The molecule has 1 heterocycles. The molecule has 1 N–H and O–H groups in total. The summed E-state index contributed by atoms with van der Waals surface area (Å²) in [5.41, 5.74) is 0.668. The largest absolute Gasteiger partial charge is 0.379 e. The van der Waals surface area contributed by atoms with Gasteiger partial charge in [-0.05, 0) is 49.4 Å². The third-order valence-corrected chi connectivity index (χ3v) is 9.67. The summed E-state index contributed by atoms with van der Waals surface area (Å²) in [6.45, 7) is 2.19. The van der Waals surface area contributed by atoms with E-state index in [2.05, 4.69) is 5.32 Å². The van der Waals surface area contributed by atoms with Crippen molar-refractivity contribution in [1.29, 1.82) is 0 Å². The summed E-state index contributed by atoms with van der Waals surface area (Å²) >= 11 is 0. The van der Waals surface area contributed by atoms with Crippen LogP contribution in [0.5, 0.6) is 0 Å². The third kappa shape index (κ3) is 6.42. The van der Waals surface area contributed by atoms with Crippen molar-refractivity contribution in [1.82, 2.24) is 4.31 Å². The zero-order valence-electron chi connectivity index (χ0n) is 20.9. The second-order valence-electron chi connectivity index (χ2n) is 8.69. The van der Waals surface area contributed by atoms with Gasteiger partial charge in [0.15, 0.2) is 0 Å². The number of hydrogen-bond acceptors (Lipinski definition) is 8. The molecule has 0 saturated carbocycles. The van der Waals surface area contributed by atoms with Gasteiger partial charge in [0, 0.05) is 30.9 Å². The van der Waals surface area contributed by atoms with E-state index in [9.17, 15) is 31.7 Å². The van der Waals surface area contributed by atoms with Crippen molar-refractivity contribution in [2.75, 3.05) is 42.5 Å². The Bertz CT molecular complexity index is 1570. The number of sulfonamides is 2. The van der Waals surface area contributed by atoms with E-state index in [4.69, 9.17) is 4.74 Å². The highest BCUT2D eigenvalue weighted by Gasteiger charge is 2.29. The van der Waals surface area contributed by atoms with Crippen molar-refractivity contribution < 1.29 is 31.3 Å². The van der Waals surface area contributed by atoms with Gasteiger partial charge < -0.3 is 10.1 Å². The number of nitro groups is 1. The minimum Gasteiger partial charge on any atom is -0.379 e. The summed E-state index contributed by atoms with van der Waals surface area (Å²) in [5.74, 6) is -0.735. The molecule has 0 aliphatic carbocycles. The highest BCUT2D eigenvalue weighted by Crippen LogP contribution is 2.27. The molecule has 1 saturated heterocycles. The van der Waals surface area contributed by atoms with Crippen LogP contribution in [-0.2, 0) is 29.6 Å². The Hall–Kier alpha value is -3.85. The molecular weight excluding hydrogens is 548 g/mol. The zero-order chi connectivity index (χ0) is 28.2. The van der Waals surface area contributed by atoms with E-state index in [1.165, 1.54) is 58.9 Å². The normalized spacial score (nSPS) is 14.5. The SMILES string of the molecule is Cc1ccc(S(=O)(=O)N(CC(=O)Nc2ccc(S(=O)(=O)N3CCOCC3)cc2)c2cccc([N+](=O)[O-])c2)cc1. The lowest BCUT2D eigenvalue weighted by molar-refractivity contribution is -0.384. The number of carbonyl (C=O) groups is 1. The van der Waals surface area contributed by atoms with Crippen LogP contribution in [0.3, 0.4) is 0 Å². The highest BCUT2D eigenvalue weighted by molar-refractivity contribution is 7.92. The van der Waals surface area contributed by atoms with E-state index >= 15 is 0 Å². The van der Waals surface area contributed by atoms with Gasteiger partial charge in [0.25, 0.3) is 15.7 Å². The Balaban J connectivity index is 1.58. The molecule has 14 heteroatoms. The molecule has 1 fully saturated rings. The molecule has 1 aliphatic rings. The summed E-state index contributed by atoms with van der Waals surface area (Å²) in [7, 11) is -8.01. The molecule has 1 aliphatic heterocycles. The number of morpholine rings is 1. The maximum Gasteiger partial charge on any atom is 0.271 e. The number of amides is 1. The van der Waals surface area contributed by atoms with Crippen molar-refractivity contribution in [3.63, 3.8) is 0 Å². The molecule has 0 atom stereocenters. The van der Waals surface area contributed by atoms with Crippen molar-refractivity contribution >= 4 is 43.0 Å². The molecule has 4 rings (SSSR count). The first kappa shape index (κ1) is 28.2. The molecule has 0 spiro atoms. The minimum absolute atomic E-state index is 0.0440. The standard InChI is InChI=1S/C25H26N4O8S2/c1-19-5-9-24(10-6-19)39(35,36)28(21-3-2-4-22(17-21)29(31)32)18-25(30)26-20-7-11-23(12-8-20)38(33,34)27-13-15-37-16-14-27/h2-12,17H,13-16,18H2,1H3,(H,26,30). The Kier molecular flexibility index (Phi) is 8.30. The van der Waals surface area contributed by atoms with Crippen LogP contribution in [0.2, 0.25) is 0 Å². The minimum atomic E-state index is -4.28. The zero-order valence-corrected chi connectivity index (χ0v) is 22.5. The van der Waals surface area contributed by atoms with Gasteiger partial charge in [-0.25, -0.2) is 16.8 Å². The molecule has 39 heavy (non-hydrogen) atoms. The van der Waals surface area contributed by atoms with E-state index in [-0.39, 0.29) is 39.9 Å². The van der Waals surface area contributed by atoms with Crippen molar-refractivity contribution in [2.45, 2.75) is 16.7 Å². The van der Waals surface area contributed by atoms with Gasteiger partial charge >= 0.3 is 0 Å². The van der Waals surface area contributed by atoms with Crippen LogP contribution >= 0.6 is 0 Å². The van der Waals surface area contributed by atoms with E-state index in [1.807, 2.05) is 0 Å². The number of nitrogens with zero attached hydrogens (tertiary/aromatic N) is 3. The summed E-state index contributed by atoms with van der Waals surface area (Å²) in [5, 5.41) is 13.9. The molecule has 0 bridgehead atoms. The predicted octanol–water partition coefficient (Wildman–Crippen LogP) is 2.76. The van der Waals surface area contributed by atoms with Gasteiger partial charge in [-0.1, -0.05) is 23.8 Å². The maximum atomic E-state index is 13.5. The quantitative estimate of drug-likeness (QED) is 0.302. The lowest BCUT2D eigenvalue weighted by Crippen LogP contribution is -2.40. The fourth-order valence-electron chi connectivity index (χ4n) is 3.89. The van der Waals surface area contributed by atoms with E-state index in [1.54, 1.807) is 19.1 Å². The van der Waals surface area contributed by atoms with Gasteiger partial charge in [0.05, 0.1) is 33.6 Å². The lowest BCUT2D eigenvalue weighted by Gasteiger charge is -2.26. The van der Waals surface area contributed by atoms with Gasteiger partial charge in [-0.15, -0.1) is 0 Å². The van der Waals surface area contributed by atoms with Gasteiger partial charge in [0.2, 0.25) is 15.9 Å². The summed E-state index contributed by atoms with van der Waals surface area (Å²) < 4.78 is 60.0. The van der Waals surface area contributed by atoms with Gasteiger partial charge in [-0.2, -0.15) is 4.31 Å². The second-order valence-corrected chi connectivity index (χ2v) is 12.5. The fourth-order valence-corrected chi connectivity index (χ4v) is 6.71. The number of anilines is 2. The van der Waals surface area contributed by atoms with Crippen molar-refractivity contribution in [2.24, 2.45) is 0 Å². The number of hydrogen-bond donors (Lipinski definition) is 1. The lowest BCUT2D eigenvalue weighted by atomic mass is 10.2. The van der Waals surface area contributed by atoms with E-state index in [0.29, 0.717) is 13.2 Å². The number of ether oxygens (including phenoxy) is 1. The monoisotopic (exact) mass is 574 g/mol. The topological polar surface area (TPSA) is 156 Å². The van der Waals surface area contributed by atoms with E-state index in [0.717, 1.165) is 15.9 Å². The first-order chi connectivity index (χ1) is 18.5. The summed E-state index contributed by atoms with van der Waals surface area (Å²) in [4.78, 5) is 23.6. The van der Waals surface area contributed by atoms with Gasteiger partial charge in [-0.3, -0.25) is 19.2 Å². The van der Waals surface area contributed by atoms with Crippen LogP contribution < -0.4 is 9.62 Å². The van der Waals surface area contributed by atoms with Crippen LogP contribution in [0, 0.1) is 17.0 Å². The average molecular weight is 575 g/mol. The molecule has 0 aromatic heterocycles. The Labute approximate surface area is 226 Å². The van der Waals surface area contributed by atoms with Crippen LogP contribution in [0.4, 0.5) is 17.1 Å². The first-order valence-electron chi connectivity index (χ1n) is 11.8. The third-order valence-electron chi connectivity index (χ3n) is 5.97. The second kappa shape index (κ2) is 11.5. The number of rotatable bonds is 9. The molecule has 0 unspecified atom stereocenters. The molecule has 206 valence electrons. The molecular formula is C25H26N4O8S2. The Morgan fingerprint density at radius 2 is 1.59 bits per heavy atom. The van der Waals surface area contributed by atoms with Gasteiger partial charge in [0.1, 0.15) is 6.54 Å². The summed E-state index contributed by atoms with van der Waals surface area (Å²) in [6, 6.07) is 16.5. The molecule has 12 nitrogen and oxygen atoms in total. The number of benzene rings is 3. The highest BCUT2D eigenvalue weighted by atomic mass is 32.2.